The highest BCUT2D eigenvalue weighted by molar-refractivity contribution is 6.04. The van der Waals surface area contributed by atoms with Crippen LogP contribution in [-0.4, -0.2) is 12.2 Å². The quantitative estimate of drug-likeness (QED) is 0.684. The van der Waals surface area contributed by atoms with Gasteiger partial charge >= 0.3 is 0 Å². The average Bonchev–Trinajstić information content (AvgIpc) is 2.68. The predicted octanol–water partition coefficient (Wildman–Crippen LogP) is 4.33. The van der Waals surface area contributed by atoms with Gasteiger partial charge in [0.15, 0.2) is 0 Å². The molecule has 4 heteroatoms. The topological polar surface area (TPSA) is 55.4 Å². The van der Waals surface area contributed by atoms with Crippen LogP contribution in [0.3, 0.4) is 0 Å². The van der Waals surface area contributed by atoms with Crippen molar-refractivity contribution in [2.45, 2.75) is 6.61 Å². The number of nitrogens with one attached hydrogen (secondary N) is 1. The summed E-state index contributed by atoms with van der Waals surface area (Å²) in [7, 11) is 0. The van der Waals surface area contributed by atoms with Crippen molar-refractivity contribution < 1.29 is 14.3 Å². The summed E-state index contributed by atoms with van der Waals surface area (Å²) >= 11 is 0. The predicted molar refractivity (Wildman–Crippen MR) is 97.0 cm³/mol. The fourth-order valence-corrected chi connectivity index (χ4v) is 2.39. The molecular formula is C21H17NO3. The molecule has 0 fully saturated rings. The smallest absolute Gasteiger partial charge is 0.255 e. The lowest BCUT2D eigenvalue weighted by Crippen LogP contribution is -2.13. The third-order valence-electron chi connectivity index (χ3n) is 3.69. The normalized spacial score (nSPS) is 10.1. The second-order valence-corrected chi connectivity index (χ2v) is 5.46. The standard InChI is InChI=1S/C21H17NO3/c23-14-16-7-6-11-19(13-16)25-15-18-10-4-5-12-20(18)22-21(24)17-8-2-1-3-9-17/h1-14H,15H2,(H,22,24). The van der Waals surface area contributed by atoms with E-state index in [4.69, 9.17) is 4.74 Å². The Balaban J connectivity index is 1.72. The summed E-state index contributed by atoms with van der Waals surface area (Å²) in [6, 6.07) is 23.5. The molecule has 0 heterocycles. The van der Waals surface area contributed by atoms with Crippen molar-refractivity contribution in [2.24, 2.45) is 0 Å². The van der Waals surface area contributed by atoms with Gasteiger partial charge in [0.25, 0.3) is 5.91 Å². The molecule has 0 aliphatic rings. The highest BCUT2D eigenvalue weighted by Crippen LogP contribution is 2.20. The Morgan fingerprint density at radius 2 is 1.68 bits per heavy atom. The molecule has 3 rings (SSSR count). The average molecular weight is 331 g/mol. The maximum atomic E-state index is 12.3. The lowest BCUT2D eigenvalue weighted by Gasteiger charge is -2.12. The number of rotatable bonds is 6. The number of hydrogen-bond donors (Lipinski definition) is 1. The third-order valence-corrected chi connectivity index (χ3v) is 3.69. The van der Waals surface area contributed by atoms with Crippen LogP contribution in [0.5, 0.6) is 5.75 Å². The minimum Gasteiger partial charge on any atom is -0.489 e. The van der Waals surface area contributed by atoms with Crippen LogP contribution in [0, 0.1) is 0 Å². The molecule has 0 atom stereocenters. The highest BCUT2D eigenvalue weighted by Gasteiger charge is 2.09. The number of para-hydroxylation sites is 1. The monoisotopic (exact) mass is 331 g/mol. The number of carbonyl (C=O) groups is 2. The van der Waals surface area contributed by atoms with Crippen LogP contribution in [0.15, 0.2) is 78.9 Å². The Kier molecular flexibility index (Phi) is 5.22. The first kappa shape index (κ1) is 16.5. The molecule has 25 heavy (non-hydrogen) atoms. The van der Waals surface area contributed by atoms with Crippen molar-refractivity contribution in [3.05, 3.63) is 95.6 Å². The molecule has 0 bridgehead atoms. The lowest BCUT2D eigenvalue weighted by molar-refractivity contribution is 0.102. The molecule has 0 radical (unpaired) electrons. The van der Waals surface area contributed by atoms with E-state index < -0.39 is 0 Å². The van der Waals surface area contributed by atoms with E-state index in [0.717, 1.165) is 11.8 Å². The van der Waals surface area contributed by atoms with E-state index in [0.29, 0.717) is 22.6 Å². The Hall–Kier alpha value is -3.40. The Bertz CT molecular complexity index is 875. The van der Waals surface area contributed by atoms with Crippen molar-refractivity contribution in [1.29, 1.82) is 0 Å². The van der Waals surface area contributed by atoms with Gasteiger partial charge in [-0.3, -0.25) is 9.59 Å². The minimum atomic E-state index is -0.170. The molecule has 0 saturated carbocycles. The van der Waals surface area contributed by atoms with Gasteiger partial charge in [0.2, 0.25) is 0 Å². The van der Waals surface area contributed by atoms with Crippen LogP contribution < -0.4 is 10.1 Å². The van der Waals surface area contributed by atoms with Gasteiger partial charge in [-0.1, -0.05) is 48.5 Å². The number of aldehydes is 1. The molecule has 0 aromatic heterocycles. The Morgan fingerprint density at radius 1 is 0.920 bits per heavy atom. The molecule has 0 unspecified atom stereocenters. The number of anilines is 1. The molecule has 124 valence electrons. The van der Waals surface area contributed by atoms with E-state index in [9.17, 15) is 9.59 Å². The van der Waals surface area contributed by atoms with Gasteiger partial charge in [-0.15, -0.1) is 0 Å². The number of hydrogen-bond acceptors (Lipinski definition) is 3. The van der Waals surface area contributed by atoms with Crippen molar-refractivity contribution >= 4 is 17.9 Å². The van der Waals surface area contributed by atoms with Crippen molar-refractivity contribution in [3.63, 3.8) is 0 Å². The molecule has 1 N–H and O–H groups in total. The van der Waals surface area contributed by atoms with E-state index in [1.165, 1.54) is 0 Å². The van der Waals surface area contributed by atoms with Crippen LogP contribution in [-0.2, 0) is 6.61 Å². The first-order valence-electron chi connectivity index (χ1n) is 7.88. The second-order valence-electron chi connectivity index (χ2n) is 5.46. The van der Waals surface area contributed by atoms with Gasteiger partial charge in [-0.25, -0.2) is 0 Å². The van der Waals surface area contributed by atoms with Gasteiger partial charge in [-0.05, 0) is 30.3 Å². The van der Waals surface area contributed by atoms with E-state index in [2.05, 4.69) is 5.32 Å². The lowest BCUT2D eigenvalue weighted by atomic mass is 10.1. The summed E-state index contributed by atoms with van der Waals surface area (Å²) in [6.45, 7) is 0.285. The van der Waals surface area contributed by atoms with Gasteiger partial charge < -0.3 is 10.1 Å². The molecule has 0 saturated heterocycles. The zero-order chi connectivity index (χ0) is 17.5. The molecule has 0 aliphatic heterocycles. The maximum absolute atomic E-state index is 12.3. The van der Waals surface area contributed by atoms with E-state index in [1.807, 2.05) is 42.5 Å². The highest BCUT2D eigenvalue weighted by atomic mass is 16.5. The Morgan fingerprint density at radius 3 is 2.48 bits per heavy atom. The van der Waals surface area contributed by atoms with Gasteiger partial charge in [0.1, 0.15) is 18.6 Å². The fourth-order valence-electron chi connectivity index (χ4n) is 2.39. The zero-order valence-electron chi connectivity index (χ0n) is 13.5. The first-order chi connectivity index (χ1) is 12.3. The van der Waals surface area contributed by atoms with Crippen molar-refractivity contribution in [3.8, 4) is 5.75 Å². The van der Waals surface area contributed by atoms with Gasteiger partial charge in [-0.2, -0.15) is 0 Å². The second kappa shape index (κ2) is 7.93. The van der Waals surface area contributed by atoms with Crippen LogP contribution >= 0.6 is 0 Å². The summed E-state index contributed by atoms with van der Waals surface area (Å²) in [6.07, 6.45) is 0.779. The van der Waals surface area contributed by atoms with Gasteiger partial charge in [0, 0.05) is 22.4 Å². The van der Waals surface area contributed by atoms with Crippen LogP contribution in [0.2, 0.25) is 0 Å². The molecule has 0 spiro atoms. The zero-order valence-corrected chi connectivity index (χ0v) is 13.5. The summed E-state index contributed by atoms with van der Waals surface area (Å²) < 4.78 is 5.75. The Labute approximate surface area is 146 Å². The van der Waals surface area contributed by atoms with Crippen LogP contribution in [0.25, 0.3) is 0 Å². The summed E-state index contributed by atoms with van der Waals surface area (Å²) in [5.74, 6) is 0.435. The molecule has 4 nitrogen and oxygen atoms in total. The van der Waals surface area contributed by atoms with Crippen LogP contribution in [0.1, 0.15) is 26.3 Å². The fraction of sp³-hybridized carbons (Fsp3) is 0.0476. The number of carbonyl (C=O) groups excluding carboxylic acids is 2. The molecule has 3 aromatic carbocycles. The summed E-state index contributed by atoms with van der Waals surface area (Å²) in [5.41, 5.74) is 2.70. The maximum Gasteiger partial charge on any atom is 0.255 e. The molecule has 0 aliphatic carbocycles. The van der Waals surface area contributed by atoms with Gasteiger partial charge in [0.05, 0.1) is 0 Å². The van der Waals surface area contributed by atoms with Crippen molar-refractivity contribution in [1.82, 2.24) is 0 Å². The first-order valence-corrected chi connectivity index (χ1v) is 7.88. The van der Waals surface area contributed by atoms with E-state index in [1.54, 1.807) is 36.4 Å². The summed E-state index contributed by atoms with van der Waals surface area (Å²) in [4.78, 5) is 23.2. The molecular weight excluding hydrogens is 314 g/mol. The summed E-state index contributed by atoms with van der Waals surface area (Å²) in [5, 5.41) is 2.91. The number of amides is 1. The number of benzene rings is 3. The van der Waals surface area contributed by atoms with E-state index in [-0.39, 0.29) is 12.5 Å². The minimum absolute atomic E-state index is 0.170. The SMILES string of the molecule is O=Cc1cccc(OCc2ccccc2NC(=O)c2ccccc2)c1. The largest absolute Gasteiger partial charge is 0.489 e. The number of ether oxygens (including phenoxy) is 1. The van der Waals surface area contributed by atoms with Crippen molar-refractivity contribution in [2.75, 3.05) is 5.32 Å². The van der Waals surface area contributed by atoms with Crippen LogP contribution in [0.4, 0.5) is 5.69 Å². The molecule has 3 aromatic rings. The molecule has 1 amide bonds. The third kappa shape index (κ3) is 4.32. The van der Waals surface area contributed by atoms with E-state index >= 15 is 0 Å².